The van der Waals surface area contributed by atoms with Gasteiger partial charge in [0.15, 0.2) is 6.10 Å². The number of aliphatic carboxylic acids is 1. The van der Waals surface area contributed by atoms with E-state index in [2.05, 4.69) is 23.6 Å². The molecule has 3 aromatic carbocycles. The number of aliphatic hydroxyl groups excluding tert-OH is 1. The fourth-order valence-electron chi connectivity index (χ4n) is 4.61. The normalized spacial score (nSPS) is 15.4. The minimum Gasteiger partial charge on any atom is -0.479 e. The molecule has 0 aliphatic heterocycles. The molecule has 0 heterocycles. The van der Waals surface area contributed by atoms with Crippen molar-refractivity contribution in [1.29, 1.82) is 0 Å². The Morgan fingerprint density at radius 2 is 1.66 bits per heavy atom. The second-order valence-electron chi connectivity index (χ2n) is 10.1. The predicted molar refractivity (Wildman–Crippen MR) is 162 cm³/mol. The number of nitrogens with one attached hydrogen (secondary N) is 2. The van der Waals surface area contributed by atoms with Crippen molar-refractivity contribution >= 4 is 58.1 Å². The summed E-state index contributed by atoms with van der Waals surface area (Å²) in [5.41, 5.74) is 4.60. The Labute approximate surface area is 248 Å². The van der Waals surface area contributed by atoms with Crippen molar-refractivity contribution in [3.63, 3.8) is 0 Å². The number of allylic oxidation sites excluding steroid dienone is 2. The molecule has 3 amide bonds. The molecule has 8 nitrogen and oxygen atoms in total. The van der Waals surface area contributed by atoms with Crippen LogP contribution in [0.25, 0.3) is 5.57 Å². The number of carbonyl (C=O) groups excluding carboxylic acids is 2. The number of benzene rings is 3. The average Bonchev–Trinajstić information content (AvgIpc) is 2.94. The SMILES string of the molecule is CC1CCC=C(c2ccc(N(Cc3ccc(C(=O)NC[C@H](O)C(=O)O)cc3)C(=O)Nc3cc(Cl)cc(Cl)c3)cc2)C1. The number of nitrogens with zero attached hydrogens (tertiary/aromatic N) is 1. The molecule has 0 saturated carbocycles. The van der Waals surface area contributed by atoms with Gasteiger partial charge in [-0.3, -0.25) is 9.69 Å². The minimum atomic E-state index is -1.69. The maximum atomic E-state index is 13.5. The predicted octanol–water partition coefficient (Wildman–Crippen LogP) is 6.61. The van der Waals surface area contributed by atoms with Gasteiger partial charge in [0.1, 0.15) is 0 Å². The summed E-state index contributed by atoms with van der Waals surface area (Å²) in [5, 5.41) is 24.2. The largest absolute Gasteiger partial charge is 0.479 e. The maximum Gasteiger partial charge on any atom is 0.334 e. The van der Waals surface area contributed by atoms with Crippen LogP contribution >= 0.6 is 23.2 Å². The first-order valence-corrected chi connectivity index (χ1v) is 14.0. The lowest BCUT2D eigenvalue weighted by Crippen LogP contribution is -2.36. The zero-order valence-electron chi connectivity index (χ0n) is 22.4. The molecule has 1 unspecified atom stereocenters. The third-order valence-electron chi connectivity index (χ3n) is 6.83. The molecule has 0 bridgehead atoms. The smallest absolute Gasteiger partial charge is 0.334 e. The standard InChI is InChI=1S/C31H31Cl2N3O5/c1-19-3-2-4-23(13-19)21-9-11-27(12-10-21)36(31(41)35-26-15-24(32)14-25(33)16-26)18-20-5-7-22(8-6-20)29(38)34-17-28(37)30(39)40/h4-12,14-16,19,28,37H,2-3,13,17-18H2,1H3,(H,34,38)(H,35,41)(H,39,40)/t19?,28-/m0/s1. The summed E-state index contributed by atoms with van der Waals surface area (Å²) in [6.07, 6.45) is 3.86. The Morgan fingerprint density at radius 1 is 1.00 bits per heavy atom. The molecule has 0 radical (unpaired) electrons. The van der Waals surface area contributed by atoms with Crippen molar-refractivity contribution in [3.8, 4) is 0 Å². The number of carboxylic acids is 1. The highest BCUT2D eigenvalue weighted by Gasteiger charge is 2.20. The first-order valence-electron chi connectivity index (χ1n) is 13.2. The molecule has 0 spiro atoms. The topological polar surface area (TPSA) is 119 Å². The van der Waals surface area contributed by atoms with E-state index in [4.69, 9.17) is 28.3 Å². The molecule has 4 rings (SSSR count). The van der Waals surface area contributed by atoms with Crippen LogP contribution in [-0.4, -0.2) is 40.8 Å². The molecule has 10 heteroatoms. The van der Waals surface area contributed by atoms with Gasteiger partial charge in [-0.15, -0.1) is 0 Å². The monoisotopic (exact) mass is 595 g/mol. The first-order chi connectivity index (χ1) is 19.6. The Bertz CT molecular complexity index is 1420. The van der Waals surface area contributed by atoms with Gasteiger partial charge in [0.25, 0.3) is 5.91 Å². The van der Waals surface area contributed by atoms with E-state index in [1.807, 2.05) is 24.3 Å². The van der Waals surface area contributed by atoms with Gasteiger partial charge in [0.05, 0.1) is 13.1 Å². The molecule has 0 fully saturated rings. The van der Waals surface area contributed by atoms with Gasteiger partial charge in [0, 0.05) is 27.0 Å². The molecule has 41 heavy (non-hydrogen) atoms. The number of halogens is 2. The van der Waals surface area contributed by atoms with E-state index in [-0.39, 0.29) is 12.1 Å². The molecule has 0 aromatic heterocycles. The summed E-state index contributed by atoms with van der Waals surface area (Å²) in [7, 11) is 0. The summed E-state index contributed by atoms with van der Waals surface area (Å²) in [5.74, 6) is -1.31. The fourth-order valence-corrected chi connectivity index (χ4v) is 5.14. The second kappa shape index (κ2) is 13.7. The van der Waals surface area contributed by atoms with Crippen LogP contribution in [-0.2, 0) is 11.3 Å². The Balaban J connectivity index is 1.54. The lowest BCUT2D eigenvalue weighted by atomic mass is 9.87. The van der Waals surface area contributed by atoms with Crippen LogP contribution < -0.4 is 15.5 Å². The van der Waals surface area contributed by atoms with Crippen molar-refractivity contribution < 1.29 is 24.6 Å². The number of hydrogen-bond donors (Lipinski definition) is 4. The van der Waals surface area contributed by atoms with Crippen LogP contribution in [0.4, 0.5) is 16.2 Å². The third kappa shape index (κ3) is 8.33. The van der Waals surface area contributed by atoms with Crippen LogP contribution in [0.3, 0.4) is 0 Å². The van der Waals surface area contributed by atoms with Gasteiger partial charge in [-0.25, -0.2) is 9.59 Å². The Morgan fingerprint density at radius 3 is 2.27 bits per heavy atom. The van der Waals surface area contributed by atoms with Gasteiger partial charge >= 0.3 is 12.0 Å². The number of carbonyl (C=O) groups is 3. The highest BCUT2D eigenvalue weighted by molar-refractivity contribution is 6.35. The van der Waals surface area contributed by atoms with Gasteiger partial charge in [-0.1, -0.05) is 60.5 Å². The number of aliphatic hydroxyl groups is 1. The van der Waals surface area contributed by atoms with Crippen molar-refractivity contribution in [2.24, 2.45) is 5.92 Å². The number of hydrogen-bond acceptors (Lipinski definition) is 4. The van der Waals surface area contributed by atoms with Crippen LogP contribution in [0.15, 0.2) is 72.8 Å². The van der Waals surface area contributed by atoms with E-state index in [1.165, 1.54) is 12.0 Å². The summed E-state index contributed by atoms with van der Waals surface area (Å²) >= 11 is 12.3. The third-order valence-corrected chi connectivity index (χ3v) is 7.26. The van der Waals surface area contributed by atoms with E-state index in [0.717, 1.165) is 24.0 Å². The molecule has 2 atom stereocenters. The summed E-state index contributed by atoms with van der Waals surface area (Å²) in [4.78, 5) is 38.2. The average molecular weight is 597 g/mol. The number of amides is 3. The number of carboxylic acid groups (broad SMARTS) is 1. The van der Waals surface area contributed by atoms with Crippen LogP contribution in [0.2, 0.25) is 10.0 Å². The molecule has 3 aromatic rings. The number of rotatable bonds is 9. The molecule has 0 saturated heterocycles. The van der Waals surface area contributed by atoms with E-state index in [9.17, 15) is 19.5 Å². The molecular formula is C31H31Cl2N3O5. The summed E-state index contributed by atoms with van der Waals surface area (Å²) in [6.45, 7) is 2.03. The summed E-state index contributed by atoms with van der Waals surface area (Å²) < 4.78 is 0. The highest BCUT2D eigenvalue weighted by Crippen LogP contribution is 2.32. The van der Waals surface area contributed by atoms with Crippen LogP contribution in [0, 0.1) is 5.92 Å². The van der Waals surface area contributed by atoms with Gasteiger partial charge in [-0.2, -0.15) is 0 Å². The summed E-state index contributed by atoms with van der Waals surface area (Å²) in [6, 6.07) is 18.8. The van der Waals surface area contributed by atoms with E-state index in [0.29, 0.717) is 27.3 Å². The lowest BCUT2D eigenvalue weighted by Gasteiger charge is -2.25. The van der Waals surface area contributed by atoms with Crippen molar-refractivity contribution in [2.75, 3.05) is 16.8 Å². The van der Waals surface area contributed by atoms with Gasteiger partial charge in [-0.05, 0) is 84.3 Å². The Hall–Kier alpha value is -3.85. The molecule has 4 N–H and O–H groups in total. The molecule has 1 aliphatic carbocycles. The molecule has 1 aliphatic rings. The maximum absolute atomic E-state index is 13.5. The number of urea groups is 1. The van der Waals surface area contributed by atoms with Crippen molar-refractivity contribution in [2.45, 2.75) is 38.8 Å². The van der Waals surface area contributed by atoms with Crippen molar-refractivity contribution in [1.82, 2.24) is 5.32 Å². The highest BCUT2D eigenvalue weighted by atomic mass is 35.5. The second-order valence-corrected chi connectivity index (χ2v) is 11.0. The van der Waals surface area contributed by atoms with E-state index < -0.39 is 30.6 Å². The van der Waals surface area contributed by atoms with Gasteiger partial charge < -0.3 is 20.8 Å². The van der Waals surface area contributed by atoms with Crippen LogP contribution in [0.1, 0.15) is 47.7 Å². The molecule has 214 valence electrons. The van der Waals surface area contributed by atoms with Crippen LogP contribution in [0.5, 0.6) is 0 Å². The van der Waals surface area contributed by atoms with Crippen molar-refractivity contribution in [3.05, 3.63) is 99.5 Å². The first kappa shape index (κ1) is 30.1. The quantitative estimate of drug-likeness (QED) is 0.222. The minimum absolute atomic E-state index is 0.193. The zero-order valence-corrected chi connectivity index (χ0v) is 24.0. The fraction of sp³-hybridized carbons (Fsp3) is 0.258. The molecular weight excluding hydrogens is 565 g/mol. The van der Waals surface area contributed by atoms with E-state index in [1.54, 1.807) is 47.4 Å². The number of anilines is 2. The zero-order chi connectivity index (χ0) is 29.5. The van der Waals surface area contributed by atoms with Gasteiger partial charge in [0.2, 0.25) is 0 Å². The van der Waals surface area contributed by atoms with E-state index >= 15 is 0 Å². The Kier molecular flexibility index (Phi) is 10.0. The lowest BCUT2D eigenvalue weighted by molar-refractivity contribution is -0.146.